The van der Waals surface area contributed by atoms with Crippen molar-refractivity contribution in [2.24, 2.45) is 0 Å². The third-order valence-electron chi connectivity index (χ3n) is 6.55. The highest BCUT2D eigenvalue weighted by atomic mass is 16.5. The van der Waals surface area contributed by atoms with Gasteiger partial charge in [0.05, 0.1) is 31.9 Å². The molecule has 2 aromatic rings. The summed E-state index contributed by atoms with van der Waals surface area (Å²) in [6.07, 6.45) is 0.698. The van der Waals surface area contributed by atoms with Crippen molar-refractivity contribution in [1.29, 1.82) is 0 Å². The van der Waals surface area contributed by atoms with Crippen molar-refractivity contribution in [2.45, 2.75) is 40.2 Å². The van der Waals surface area contributed by atoms with E-state index in [1.165, 1.54) is 0 Å². The molecule has 200 valence electrons. The number of Topliss-reactive ketones (excluding diaryl/α,β-unsaturated/α-hetero) is 1. The summed E-state index contributed by atoms with van der Waals surface area (Å²) >= 11 is 0. The van der Waals surface area contributed by atoms with Crippen LogP contribution in [0.2, 0.25) is 0 Å². The zero-order valence-electron chi connectivity index (χ0n) is 22.5. The molecular formula is C29H38N2O6. The Morgan fingerprint density at radius 3 is 2.19 bits per heavy atom. The van der Waals surface area contributed by atoms with Crippen LogP contribution in [0.5, 0.6) is 17.2 Å². The summed E-state index contributed by atoms with van der Waals surface area (Å²) in [7, 11) is 1.56. The average molecular weight is 511 g/mol. The van der Waals surface area contributed by atoms with Crippen LogP contribution in [-0.2, 0) is 9.59 Å². The first-order valence-electron chi connectivity index (χ1n) is 12.9. The largest absolute Gasteiger partial charge is 0.507 e. The topological polar surface area (TPSA) is 88.5 Å². The maximum atomic E-state index is 13.3. The molecule has 0 unspecified atom stereocenters. The van der Waals surface area contributed by atoms with Crippen molar-refractivity contribution in [3.05, 3.63) is 59.2 Å². The second-order valence-electron chi connectivity index (χ2n) is 8.67. The number of carbonyl (C=O) groups is 2. The first kappa shape index (κ1) is 28.1. The van der Waals surface area contributed by atoms with Gasteiger partial charge in [-0.15, -0.1) is 0 Å². The molecule has 1 aliphatic heterocycles. The van der Waals surface area contributed by atoms with Crippen molar-refractivity contribution in [2.75, 3.05) is 46.5 Å². The summed E-state index contributed by atoms with van der Waals surface area (Å²) in [6, 6.07) is 11.4. The molecule has 1 aliphatic rings. The average Bonchev–Trinajstić information content (AvgIpc) is 3.17. The molecule has 1 amide bonds. The lowest BCUT2D eigenvalue weighted by molar-refractivity contribution is -0.140. The highest BCUT2D eigenvalue weighted by Crippen LogP contribution is 2.42. The molecule has 1 heterocycles. The molecule has 1 N–H and O–H groups in total. The third-order valence-corrected chi connectivity index (χ3v) is 6.55. The Labute approximate surface area is 219 Å². The number of carbonyl (C=O) groups excluding carboxylic acids is 2. The number of methoxy groups -OCH3 is 1. The number of ether oxygens (including phenoxy) is 3. The van der Waals surface area contributed by atoms with Crippen LogP contribution in [0.4, 0.5) is 0 Å². The summed E-state index contributed by atoms with van der Waals surface area (Å²) < 4.78 is 16.7. The lowest BCUT2D eigenvalue weighted by Crippen LogP contribution is -2.33. The van der Waals surface area contributed by atoms with E-state index in [0.29, 0.717) is 54.6 Å². The minimum absolute atomic E-state index is 0.0598. The maximum Gasteiger partial charge on any atom is 0.295 e. The molecule has 0 bridgehead atoms. The van der Waals surface area contributed by atoms with Crippen molar-refractivity contribution >= 4 is 17.4 Å². The lowest BCUT2D eigenvalue weighted by Gasteiger charge is -2.27. The predicted octanol–water partition coefficient (Wildman–Crippen LogP) is 4.65. The molecule has 0 spiro atoms. The molecule has 8 nitrogen and oxygen atoms in total. The van der Waals surface area contributed by atoms with Gasteiger partial charge in [0.2, 0.25) is 0 Å². The van der Waals surface area contributed by atoms with Crippen LogP contribution in [0.25, 0.3) is 5.76 Å². The van der Waals surface area contributed by atoms with E-state index >= 15 is 0 Å². The van der Waals surface area contributed by atoms with Gasteiger partial charge in [0, 0.05) is 12.1 Å². The second-order valence-corrected chi connectivity index (χ2v) is 8.67. The Morgan fingerprint density at radius 2 is 1.59 bits per heavy atom. The molecule has 0 aromatic heterocycles. The van der Waals surface area contributed by atoms with E-state index < -0.39 is 17.7 Å². The number of hydrogen-bond donors (Lipinski definition) is 1. The fourth-order valence-electron chi connectivity index (χ4n) is 4.60. The number of benzene rings is 2. The van der Waals surface area contributed by atoms with E-state index in [4.69, 9.17) is 14.2 Å². The van der Waals surface area contributed by atoms with Gasteiger partial charge < -0.3 is 29.1 Å². The zero-order chi connectivity index (χ0) is 26.9. The number of hydrogen-bond acceptors (Lipinski definition) is 7. The Balaban J connectivity index is 2.09. The van der Waals surface area contributed by atoms with Crippen molar-refractivity contribution in [3.63, 3.8) is 0 Å². The van der Waals surface area contributed by atoms with Gasteiger partial charge in [-0.25, -0.2) is 0 Å². The fourth-order valence-corrected chi connectivity index (χ4v) is 4.60. The predicted molar refractivity (Wildman–Crippen MR) is 143 cm³/mol. The zero-order valence-corrected chi connectivity index (χ0v) is 22.5. The van der Waals surface area contributed by atoms with Crippen LogP contribution >= 0.6 is 0 Å². The van der Waals surface area contributed by atoms with Gasteiger partial charge in [-0.2, -0.15) is 0 Å². The minimum atomic E-state index is -0.756. The smallest absolute Gasteiger partial charge is 0.295 e. The van der Waals surface area contributed by atoms with Gasteiger partial charge in [0.15, 0.2) is 11.5 Å². The fraction of sp³-hybridized carbons (Fsp3) is 0.448. The van der Waals surface area contributed by atoms with Crippen molar-refractivity contribution < 1.29 is 28.9 Å². The third kappa shape index (κ3) is 6.25. The Bertz CT molecular complexity index is 1110. The van der Waals surface area contributed by atoms with Crippen molar-refractivity contribution in [1.82, 2.24) is 9.80 Å². The number of nitrogens with zero attached hydrogens (tertiary/aromatic N) is 2. The number of ketones is 1. The van der Waals surface area contributed by atoms with Crippen LogP contribution in [0.15, 0.2) is 48.0 Å². The summed E-state index contributed by atoms with van der Waals surface area (Å²) in [5.41, 5.74) is 1.16. The SMILES string of the molecule is CCOc1ccc([C@H]2C(=C(O)c3ccc(OC)cc3)C(=O)C(=O)N2CCCN(CC)CC)cc1OCC. The first-order chi connectivity index (χ1) is 17.9. The molecule has 1 fully saturated rings. The molecule has 0 saturated carbocycles. The monoisotopic (exact) mass is 510 g/mol. The highest BCUT2D eigenvalue weighted by Gasteiger charge is 2.46. The van der Waals surface area contributed by atoms with Crippen LogP contribution in [0, 0.1) is 0 Å². The molecule has 3 rings (SSSR count). The number of aliphatic hydroxyl groups excluding tert-OH is 1. The van der Waals surface area contributed by atoms with Gasteiger partial charge in [-0.05, 0) is 81.9 Å². The molecule has 0 radical (unpaired) electrons. The van der Waals surface area contributed by atoms with Crippen LogP contribution < -0.4 is 14.2 Å². The summed E-state index contributed by atoms with van der Waals surface area (Å²) in [5.74, 6) is 0.197. The number of likely N-dealkylation sites (tertiary alicyclic amines) is 1. The molecule has 37 heavy (non-hydrogen) atoms. The molecule has 2 aromatic carbocycles. The first-order valence-corrected chi connectivity index (χ1v) is 12.9. The van der Waals surface area contributed by atoms with E-state index in [0.717, 1.165) is 19.6 Å². The highest BCUT2D eigenvalue weighted by molar-refractivity contribution is 6.46. The Hall–Kier alpha value is -3.52. The van der Waals surface area contributed by atoms with Gasteiger partial charge in [0.25, 0.3) is 11.7 Å². The number of aliphatic hydroxyl groups is 1. The lowest BCUT2D eigenvalue weighted by atomic mass is 9.95. The van der Waals surface area contributed by atoms with Crippen LogP contribution in [0.1, 0.15) is 51.3 Å². The van der Waals surface area contributed by atoms with Crippen LogP contribution in [-0.4, -0.2) is 73.1 Å². The van der Waals surface area contributed by atoms with E-state index in [-0.39, 0.29) is 11.3 Å². The Kier molecular flexibility index (Phi) is 9.97. The van der Waals surface area contributed by atoms with Gasteiger partial charge in [-0.3, -0.25) is 9.59 Å². The Morgan fingerprint density at radius 1 is 0.946 bits per heavy atom. The minimum Gasteiger partial charge on any atom is -0.507 e. The molecular weight excluding hydrogens is 472 g/mol. The summed E-state index contributed by atoms with van der Waals surface area (Å²) in [5, 5.41) is 11.3. The normalized spacial score (nSPS) is 16.9. The summed E-state index contributed by atoms with van der Waals surface area (Å²) in [4.78, 5) is 30.4. The van der Waals surface area contributed by atoms with Crippen LogP contribution in [0.3, 0.4) is 0 Å². The second kappa shape index (κ2) is 13.1. The van der Waals surface area contributed by atoms with E-state index in [2.05, 4.69) is 18.7 Å². The van der Waals surface area contributed by atoms with Gasteiger partial charge >= 0.3 is 0 Å². The number of amides is 1. The van der Waals surface area contributed by atoms with Gasteiger partial charge in [-0.1, -0.05) is 19.9 Å². The van der Waals surface area contributed by atoms with Crippen molar-refractivity contribution in [3.8, 4) is 17.2 Å². The van der Waals surface area contributed by atoms with E-state index in [1.54, 1.807) is 48.4 Å². The molecule has 0 aliphatic carbocycles. The van der Waals surface area contributed by atoms with E-state index in [1.807, 2.05) is 19.9 Å². The summed E-state index contributed by atoms with van der Waals surface area (Å²) in [6.45, 7) is 11.9. The van der Waals surface area contributed by atoms with E-state index in [9.17, 15) is 14.7 Å². The maximum absolute atomic E-state index is 13.3. The molecule has 8 heteroatoms. The molecule has 1 atom stereocenters. The molecule has 1 saturated heterocycles. The van der Waals surface area contributed by atoms with Gasteiger partial charge in [0.1, 0.15) is 11.5 Å². The quantitative estimate of drug-likeness (QED) is 0.238. The number of rotatable bonds is 13. The standard InChI is InChI=1S/C29H38N2O6/c1-6-30(7-2)17-10-18-31-26(21-13-16-23(36-8-3)24(19-21)37-9-4)25(28(33)29(31)34)27(32)20-11-14-22(35-5)15-12-20/h11-16,19,26,32H,6-10,17-18H2,1-5H3/t26-/m0/s1.